The fraction of sp³-hybridized carbons (Fsp3) is 0.483. The molecule has 0 heterocycles. The fourth-order valence-electron chi connectivity index (χ4n) is 3.91. The van der Waals surface area contributed by atoms with Gasteiger partial charge in [-0.1, -0.05) is 23.8 Å². The van der Waals surface area contributed by atoms with E-state index in [1.807, 2.05) is 46.8 Å². The van der Waals surface area contributed by atoms with Crippen LogP contribution in [0, 0.1) is 13.8 Å². The Labute approximate surface area is 233 Å². The summed E-state index contributed by atoms with van der Waals surface area (Å²) in [5.41, 5.74) is 1.71. The van der Waals surface area contributed by atoms with Crippen LogP contribution in [0.5, 0.6) is 0 Å². The number of anilines is 1. The minimum atomic E-state index is -4.64. The van der Waals surface area contributed by atoms with Crippen LogP contribution in [0.3, 0.4) is 0 Å². The summed E-state index contributed by atoms with van der Waals surface area (Å²) in [5, 5.41) is 14.0. The highest BCUT2D eigenvalue weighted by atomic mass is 19.4. The molecule has 0 aliphatic heterocycles. The molecule has 2 rings (SSSR count). The Bertz CT molecular complexity index is 1210. The van der Waals surface area contributed by atoms with Crippen LogP contribution < -0.4 is 26.6 Å². The molecule has 0 unspecified atom stereocenters. The molecule has 0 aliphatic rings. The van der Waals surface area contributed by atoms with Gasteiger partial charge < -0.3 is 26.6 Å². The van der Waals surface area contributed by atoms with Crippen molar-refractivity contribution in [2.24, 2.45) is 0 Å². The first-order valence-electron chi connectivity index (χ1n) is 13.1. The quantitative estimate of drug-likeness (QED) is 0.283. The van der Waals surface area contributed by atoms with Crippen molar-refractivity contribution in [1.29, 1.82) is 0 Å². The number of carbonyl (C=O) groups excluding carboxylic acids is 3. The van der Waals surface area contributed by atoms with Crippen molar-refractivity contribution < 1.29 is 27.6 Å². The summed E-state index contributed by atoms with van der Waals surface area (Å²) in [5.74, 6) is -1.93. The fourth-order valence-corrected chi connectivity index (χ4v) is 3.91. The predicted octanol–water partition coefficient (Wildman–Crippen LogP) is 4.06. The third kappa shape index (κ3) is 10.5. The molecule has 0 spiro atoms. The number of hydrogen-bond donors (Lipinski definition) is 5. The van der Waals surface area contributed by atoms with E-state index in [-0.39, 0.29) is 23.8 Å². The lowest BCUT2D eigenvalue weighted by Gasteiger charge is -2.26. The second-order valence-electron chi connectivity index (χ2n) is 11.2. The number of alkyl halides is 3. The van der Waals surface area contributed by atoms with Crippen molar-refractivity contribution in [1.82, 2.24) is 21.3 Å². The maximum absolute atomic E-state index is 13.3. The average Bonchev–Trinajstić information content (AvgIpc) is 2.81. The normalized spacial score (nSPS) is 12.6. The second kappa shape index (κ2) is 13.6. The first kappa shape index (κ1) is 32.6. The van der Waals surface area contributed by atoms with E-state index >= 15 is 0 Å². The topological polar surface area (TPSA) is 111 Å². The van der Waals surface area contributed by atoms with Crippen molar-refractivity contribution in [2.75, 3.05) is 18.4 Å². The third-order valence-corrected chi connectivity index (χ3v) is 5.76. The summed E-state index contributed by atoms with van der Waals surface area (Å²) in [6.07, 6.45) is -4.64. The van der Waals surface area contributed by atoms with Crippen molar-refractivity contribution >= 4 is 23.4 Å². The lowest BCUT2D eigenvalue weighted by Crippen LogP contribution is -2.56. The molecule has 0 aromatic heterocycles. The van der Waals surface area contributed by atoms with Crippen molar-refractivity contribution in [2.45, 2.75) is 78.8 Å². The Balaban J connectivity index is 2.10. The minimum Gasteiger partial charge on any atom is -0.382 e. The smallest absolute Gasteiger partial charge is 0.382 e. The zero-order chi connectivity index (χ0) is 30.3. The van der Waals surface area contributed by atoms with Gasteiger partial charge in [0.05, 0.1) is 17.7 Å². The van der Waals surface area contributed by atoms with E-state index in [0.29, 0.717) is 6.54 Å². The molecule has 0 aliphatic carbocycles. The highest BCUT2D eigenvalue weighted by Gasteiger charge is 2.32. The van der Waals surface area contributed by atoms with E-state index in [9.17, 15) is 27.6 Å². The largest absolute Gasteiger partial charge is 0.416 e. The number of aryl methyl sites for hydroxylation is 2. The molecule has 2 aromatic rings. The van der Waals surface area contributed by atoms with E-state index in [4.69, 9.17) is 0 Å². The average molecular weight is 564 g/mol. The van der Waals surface area contributed by atoms with Crippen LogP contribution in [-0.2, 0) is 22.3 Å². The van der Waals surface area contributed by atoms with Gasteiger partial charge in [-0.25, -0.2) is 0 Å². The molecule has 2 aromatic carbocycles. The zero-order valence-electron chi connectivity index (χ0n) is 24.1. The van der Waals surface area contributed by atoms with Crippen LogP contribution in [0.2, 0.25) is 0 Å². The Kier molecular flexibility index (Phi) is 11.1. The Morgan fingerprint density at radius 2 is 1.62 bits per heavy atom. The number of rotatable bonds is 11. The van der Waals surface area contributed by atoms with E-state index < -0.39 is 47.6 Å². The molecule has 0 bridgehead atoms. The molecule has 220 valence electrons. The molecule has 0 fully saturated rings. The number of carbonyl (C=O) groups is 3. The number of hydrogen-bond acceptors (Lipinski definition) is 5. The molecule has 40 heavy (non-hydrogen) atoms. The van der Waals surface area contributed by atoms with E-state index in [2.05, 4.69) is 32.7 Å². The monoisotopic (exact) mass is 563 g/mol. The van der Waals surface area contributed by atoms with Crippen LogP contribution in [0.1, 0.15) is 67.2 Å². The van der Waals surface area contributed by atoms with Gasteiger partial charge in [-0.3, -0.25) is 14.4 Å². The van der Waals surface area contributed by atoms with Gasteiger partial charge in [0.25, 0.3) is 5.91 Å². The first-order valence-corrected chi connectivity index (χ1v) is 13.1. The summed E-state index contributed by atoms with van der Waals surface area (Å²) in [7, 11) is 0. The molecule has 11 heteroatoms. The van der Waals surface area contributed by atoms with Crippen LogP contribution in [0.15, 0.2) is 36.4 Å². The Morgan fingerprint density at radius 3 is 2.20 bits per heavy atom. The third-order valence-electron chi connectivity index (χ3n) is 5.76. The molecule has 0 saturated carbocycles. The number of halogens is 3. The number of amides is 3. The summed E-state index contributed by atoms with van der Waals surface area (Å²) in [6.45, 7) is 13.0. The highest BCUT2D eigenvalue weighted by molar-refractivity contribution is 6.01. The van der Waals surface area contributed by atoms with Crippen LogP contribution in [0.4, 0.5) is 18.9 Å². The molecule has 0 saturated heterocycles. The highest BCUT2D eigenvalue weighted by Crippen LogP contribution is 2.32. The van der Waals surface area contributed by atoms with Gasteiger partial charge in [0.2, 0.25) is 11.8 Å². The molecule has 5 N–H and O–H groups in total. The SMILES string of the molecule is Cc1ccc(CNC[C@H](NC(=O)CNC(=O)c2cc(C(F)(F)F)ccc2NC(C)C)C(=O)NC(C)(C)C)c(C)c1. The molecular formula is C29H40F3N5O3. The van der Waals surface area contributed by atoms with Crippen molar-refractivity contribution in [3.63, 3.8) is 0 Å². The van der Waals surface area contributed by atoms with Gasteiger partial charge >= 0.3 is 6.18 Å². The molecular weight excluding hydrogens is 523 g/mol. The molecule has 8 nitrogen and oxygen atoms in total. The maximum Gasteiger partial charge on any atom is 0.416 e. The van der Waals surface area contributed by atoms with Gasteiger partial charge in [0.1, 0.15) is 6.04 Å². The summed E-state index contributed by atoms with van der Waals surface area (Å²) in [6, 6.07) is 7.75. The molecule has 0 radical (unpaired) electrons. The van der Waals surface area contributed by atoms with Crippen molar-refractivity contribution in [3.05, 3.63) is 64.2 Å². The number of benzene rings is 2. The van der Waals surface area contributed by atoms with Gasteiger partial charge in [-0.15, -0.1) is 0 Å². The van der Waals surface area contributed by atoms with Gasteiger partial charge in [0, 0.05) is 30.4 Å². The Morgan fingerprint density at radius 1 is 0.950 bits per heavy atom. The van der Waals surface area contributed by atoms with E-state index in [0.717, 1.165) is 28.8 Å². The summed E-state index contributed by atoms with van der Waals surface area (Å²) >= 11 is 0. The van der Waals surface area contributed by atoms with E-state index in [1.54, 1.807) is 13.8 Å². The van der Waals surface area contributed by atoms with Crippen molar-refractivity contribution in [3.8, 4) is 0 Å². The van der Waals surface area contributed by atoms with Gasteiger partial charge in [-0.05, 0) is 77.8 Å². The first-order chi connectivity index (χ1) is 18.5. The summed E-state index contributed by atoms with van der Waals surface area (Å²) < 4.78 is 39.8. The molecule has 3 amide bonds. The standard InChI is InChI=1S/C29H40F3N5O3/c1-17(2)35-23-11-10-21(29(30,31)32)13-22(23)26(39)34-16-25(38)36-24(27(40)37-28(5,6)7)15-33-14-20-9-8-18(3)12-19(20)4/h8-13,17,24,33,35H,14-16H2,1-7H3,(H,34,39)(H,36,38)(H,37,40)/t24-/m0/s1. The number of nitrogens with one attached hydrogen (secondary N) is 5. The van der Waals surface area contributed by atoms with Gasteiger partial charge in [-0.2, -0.15) is 13.2 Å². The van der Waals surface area contributed by atoms with Crippen LogP contribution in [0.25, 0.3) is 0 Å². The predicted molar refractivity (Wildman–Crippen MR) is 150 cm³/mol. The Hall–Kier alpha value is -3.60. The summed E-state index contributed by atoms with van der Waals surface area (Å²) in [4.78, 5) is 38.5. The van der Waals surface area contributed by atoms with Crippen LogP contribution >= 0.6 is 0 Å². The molecule has 1 atom stereocenters. The maximum atomic E-state index is 13.3. The van der Waals surface area contributed by atoms with Crippen LogP contribution in [-0.4, -0.2) is 48.4 Å². The lowest BCUT2D eigenvalue weighted by molar-refractivity contribution is -0.137. The van der Waals surface area contributed by atoms with Gasteiger partial charge in [0.15, 0.2) is 0 Å². The lowest BCUT2D eigenvalue weighted by atomic mass is 10.1. The minimum absolute atomic E-state index is 0.116. The zero-order valence-corrected chi connectivity index (χ0v) is 24.1. The van der Waals surface area contributed by atoms with E-state index in [1.165, 1.54) is 6.07 Å². The second-order valence-corrected chi connectivity index (χ2v) is 11.2.